The van der Waals surface area contributed by atoms with Crippen molar-refractivity contribution >= 4 is 35.0 Å². The Labute approximate surface area is 244 Å². The van der Waals surface area contributed by atoms with Crippen LogP contribution in [0, 0.1) is 11.1 Å². The third kappa shape index (κ3) is 5.72. The van der Waals surface area contributed by atoms with Gasteiger partial charge in [0.1, 0.15) is 12.4 Å². The van der Waals surface area contributed by atoms with E-state index < -0.39 is 6.09 Å². The van der Waals surface area contributed by atoms with Gasteiger partial charge >= 0.3 is 6.09 Å². The molecule has 1 amide bonds. The third-order valence-corrected chi connectivity index (χ3v) is 7.78. The second-order valence-corrected chi connectivity index (χ2v) is 10.6. The number of hydrogen-bond donors (Lipinski definition) is 1. The lowest BCUT2D eigenvalue weighted by Gasteiger charge is -2.18. The zero-order chi connectivity index (χ0) is 28.5. The molecule has 41 heavy (non-hydrogen) atoms. The molecule has 0 bridgehead atoms. The molecule has 1 saturated carbocycles. The Morgan fingerprint density at radius 1 is 1.12 bits per heavy atom. The zero-order valence-corrected chi connectivity index (χ0v) is 23.3. The van der Waals surface area contributed by atoms with Crippen molar-refractivity contribution in [2.24, 2.45) is 5.92 Å². The fraction of sp³-hybridized carbons (Fsp3) is 0.214. The highest BCUT2D eigenvalue weighted by Crippen LogP contribution is 2.39. The van der Waals surface area contributed by atoms with Crippen LogP contribution < -0.4 is 10.0 Å². The number of halogens is 2. The molecule has 1 fully saturated rings. The molecule has 11 nitrogen and oxygen atoms in total. The van der Waals surface area contributed by atoms with Gasteiger partial charge in [0, 0.05) is 34.6 Å². The topological polar surface area (TPSA) is 127 Å². The minimum Gasteiger partial charge on any atom is -0.618 e. The number of nitrogens with zero attached hydrogens (tertiary/aromatic N) is 7. The number of methoxy groups -OCH3 is 1. The Kier molecular flexibility index (Phi) is 7.29. The van der Waals surface area contributed by atoms with Gasteiger partial charge in [-0.25, -0.2) is 4.79 Å². The molecule has 1 aliphatic carbocycles. The molecule has 5 aromatic rings. The second-order valence-electron chi connectivity index (χ2n) is 9.80. The van der Waals surface area contributed by atoms with Crippen molar-refractivity contribution in [1.82, 2.24) is 30.0 Å². The molecule has 6 rings (SSSR count). The van der Waals surface area contributed by atoms with E-state index in [9.17, 15) is 10.0 Å². The minimum atomic E-state index is -0.531. The molecule has 1 atom stereocenters. The van der Waals surface area contributed by atoms with Gasteiger partial charge in [-0.3, -0.25) is 10.00 Å². The van der Waals surface area contributed by atoms with Gasteiger partial charge in [-0.2, -0.15) is 14.5 Å². The Morgan fingerprint density at radius 3 is 2.56 bits per heavy atom. The van der Waals surface area contributed by atoms with Crippen molar-refractivity contribution in [2.45, 2.75) is 25.3 Å². The van der Waals surface area contributed by atoms with E-state index >= 15 is 0 Å². The number of aromatic nitrogens is 7. The first-order valence-corrected chi connectivity index (χ1v) is 13.6. The van der Waals surface area contributed by atoms with Crippen molar-refractivity contribution in [2.75, 3.05) is 12.4 Å². The van der Waals surface area contributed by atoms with Crippen molar-refractivity contribution in [1.29, 1.82) is 0 Å². The monoisotopic (exact) mass is 590 g/mol. The highest BCUT2D eigenvalue weighted by Gasteiger charge is 2.32. The van der Waals surface area contributed by atoms with E-state index in [1.807, 2.05) is 35.1 Å². The number of hydrogen-bond acceptors (Lipinski definition) is 7. The van der Waals surface area contributed by atoms with Crippen molar-refractivity contribution in [3.8, 4) is 27.9 Å². The van der Waals surface area contributed by atoms with Crippen LogP contribution in [0.4, 0.5) is 10.5 Å². The molecule has 0 saturated heterocycles. The van der Waals surface area contributed by atoms with Crippen LogP contribution in [-0.2, 0) is 4.74 Å². The van der Waals surface area contributed by atoms with Crippen molar-refractivity contribution < 1.29 is 14.3 Å². The average Bonchev–Trinajstić information content (AvgIpc) is 3.41. The standard InChI is InChI=1S/C28H24Cl2N8O3/c1-41-28(39)33-21-7-4-18(5-8-21)20-13-32-36(14-20)27(10-17-2-3-17)25-9-6-19(15-38(25)40)22-11-23(29)24(30)12-26(22)37-16-31-34-35-37/h4-9,11-17,27H,2-3,10H2,1H3,(H,33,39). The Bertz CT molecular complexity index is 1700. The van der Waals surface area contributed by atoms with Crippen LogP contribution in [0.25, 0.3) is 27.9 Å². The lowest BCUT2D eigenvalue weighted by atomic mass is 10.0. The van der Waals surface area contributed by atoms with Gasteiger partial charge in [-0.15, -0.1) is 5.10 Å². The maximum atomic E-state index is 13.5. The minimum absolute atomic E-state index is 0.254. The quantitative estimate of drug-likeness (QED) is 0.181. The summed E-state index contributed by atoms with van der Waals surface area (Å²) in [4.78, 5) is 11.5. The van der Waals surface area contributed by atoms with Crippen LogP contribution in [0.2, 0.25) is 10.0 Å². The predicted octanol–water partition coefficient (Wildman–Crippen LogP) is 5.70. The first kappa shape index (κ1) is 26.7. The molecule has 3 heterocycles. The number of pyridine rings is 1. The average molecular weight is 591 g/mol. The Hall–Kier alpha value is -4.48. The second kappa shape index (κ2) is 11.2. The van der Waals surface area contributed by atoms with Gasteiger partial charge in [-0.05, 0) is 58.7 Å². The van der Waals surface area contributed by atoms with E-state index in [0.29, 0.717) is 44.2 Å². The summed E-state index contributed by atoms with van der Waals surface area (Å²) in [5.74, 6) is 0.539. The van der Waals surface area contributed by atoms with Gasteiger partial charge in [0.15, 0.2) is 6.20 Å². The largest absolute Gasteiger partial charge is 0.618 e. The Balaban J connectivity index is 1.32. The van der Waals surface area contributed by atoms with E-state index in [-0.39, 0.29) is 6.04 Å². The number of carbonyl (C=O) groups excluding carboxylic acids is 1. The van der Waals surface area contributed by atoms with E-state index in [4.69, 9.17) is 23.2 Å². The number of benzene rings is 2. The summed E-state index contributed by atoms with van der Waals surface area (Å²) in [7, 11) is 1.32. The lowest BCUT2D eigenvalue weighted by molar-refractivity contribution is -0.615. The molecule has 0 spiro atoms. The highest BCUT2D eigenvalue weighted by molar-refractivity contribution is 6.42. The number of rotatable bonds is 8. The molecular formula is C28H24Cl2N8O3. The molecule has 0 aliphatic heterocycles. The number of ether oxygens (including phenoxy) is 1. The summed E-state index contributed by atoms with van der Waals surface area (Å²) >= 11 is 12.6. The van der Waals surface area contributed by atoms with Crippen LogP contribution in [-0.4, -0.2) is 43.2 Å². The van der Waals surface area contributed by atoms with Crippen molar-refractivity contribution in [3.05, 3.63) is 94.4 Å². The maximum absolute atomic E-state index is 13.5. The molecule has 208 valence electrons. The van der Waals surface area contributed by atoms with Gasteiger partial charge in [0.2, 0.25) is 5.69 Å². The summed E-state index contributed by atoms with van der Waals surface area (Å²) in [5, 5.41) is 32.9. The summed E-state index contributed by atoms with van der Waals surface area (Å²) in [6.07, 6.45) is 9.24. The zero-order valence-electron chi connectivity index (χ0n) is 21.8. The molecule has 0 radical (unpaired) electrons. The van der Waals surface area contributed by atoms with Crippen molar-refractivity contribution in [3.63, 3.8) is 0 Å². The first-order chi connectivity index (χ1) is 19.9. The molecule has 13 heteroatoms. The first-order valence-electron chi connectivity index (χ1n) is 12.8. The smallest absolute Gasteiger partial charge is 0.411 e. The summed E-state index contributed by atoms with van der Waals surface area (Å²) in [6.45, 7) is 0. The summed E-state index contributed by atoms with van der Waals surface area (Å²) < 4.78 is 8.86. The van der Waals surface area contributed by atoms with Crippen LogP contribution in [0.3, 0.4) is 0 Å². The molecule has 1 unspecified atom stereocenters. The number of tetrazole rings is 1. The summed E-state index contributed by atoms with van der Waals surface area (Å²) in [6, 6.07) is 14.2. The Morgan fingerprint density at radius 2 is 1.88 bits per heavy atom. The number of nitrogens with one attached hydrogen (secondary N) is 1. The van der Waals surface area contributed by atoms with Gasteiger partial charge in [0.05, 0.1) is 29.0 Å². The molecule has 1 N–H and O–H groups in total. The summed E-state index contributed by atoms with van der Waals surface area (Å²) in [5.41, 5.74) is 4.92. The fourth-order valence-electron chi connectivity index (χ4n) is 4.74. The van der Waals surface area contributed by atoms with E-state index in [2.05, 4.69) is 30.7 Å². The lowest BCUT2D eigenvalue weighted by Crippen LogP contribution is -2.35. The van der Waals surface area contributed by atoms with E-state index in [1.165, 1.54) is 24.3 Å². The third-order valence-electron chi connectivity index (χ3n) is 7.06. The SMILES string of the molecule is COC(=O)Nc1ccc(-c2cnn(C(CC3CC3)c3ccc(-c4cc(Cl)c(Cl)cc4-n4cnnn4)c[n+]3[O-])c2)cc1. The highest BCUT2D eigenvalue weighted by atomic mass is 35.5. The van der Waals surface area contributed by atoms with E-state index in [0.717, 1.165) is 35.1 Å². The molecule has 2 aromatic carbocycles. The van der Waals surface area contributed by atoms with Gasteiger partial charge in [0.25, 0.3) is 0 Å². The number of anilines is 1. The van der Waals surface area contributed by atoms with Crippen LogP contribution in [0.1, 0.15) is 31.0 Å². The molecular weight excluding hydrogens is 567 g/mol. The van der Waals surface area contributed by atoms with Crippen LogP contribution >= 0.6 is 23.2 Å². The van der Waals surface area contributed by atoms with Gasteiger partial charge in [-0.1, -0.05) is 48.2 Å². The van der Waals surface area contributed by atoms with Crippen LogP contribution in [0.5, 0.6) is 0 Å². The van der Waals surface area contributed by atoms with Crippen LogP contribution in [0.15, 0.2) is 73.4 Å². The van der Waals surface area contributed by atoms with E-state index in [1.54, 1.807) is 30.5 Å². The predicted molar refractivity (Wildman–Crippen MR) is 153 cm³/mol. The molecule has 3 aromatic heterocycles. The normalized spacial score (nSPS) is 13.6. The fourth-order valence-corrected chi connectivity index (χ4v) is 5.07. The number of amides is 1. The number of carbonyl (C=O) groups is 1. The maximum Gasteiger partial charge on any atom is 0.411 e. The van der Waals surface area contributed by atoms with Gasteiger partial charge < -0.3 is 9.94 Å². The molecule has 1 aliphatic rings.